The molecule has 102 valence electrons. The lowest BCUT2D eigenvalue weighted by Crippen LogP contribution is -2.36. The summed E-state index contributed by atoms with van der Waals surface area (Å²) in [5.74, 6) is 1.07. The van der Waals surface area contributed by atoms with Crippen molar-refractivity contribution in [2.75, 3.05) is 38.4 Å². The van der Waals surface area contributed by atoms with Gasteiger partial charge in [-0.1, -0.05) is 0 Å². The minimum absolute atomic E-state index is 0.198. The summed E-state index contributed by atoms with van der Waals surface area (Å²) >= 11 is 5.54. The summed E-state index contributed by atoms with van der Waals surface area (Å²) in [6, 6.07) is 0. The second kappa shape index (κ2) is 7.56. The lowest BCUT2D eigenvalue weighted by molar-refractivity contribution is 0.0495. The van der Waals surface area contributed by atoms with Crippen LogP contribution in [-0.4, -0.2) is 51.2 Å². The Morgan fingerprint density at radius 3 is 2.76 bits per heavy atom. The highest BCUT2D eigenvalue weighted by molar-refractivity contribution is 7.89. The van der Waals surface area contributed by atoms with Gasteiger partial charge in [-0.05, 0) is 31.6 Å². The van der Waals surface area contributed by atoms with E-state index in [0.717, 1.165) is 25.9 Å². The van der Waals surface area contributed by atoms with Gasteiger partial charge in [0.05, 0.1) is 12.4 Å². The van der Waals surface area contributed by atoms with E-state index in [1.54, 1.807) is 7.05 Å². The molecule has 0 aromatic heterocycles. The predicted molar refractivity (Wildman–Crippen MR) is 69.9 cm³/mol. The Kier molecular flexibility index (Phi) is 6.77. The number of ether oxygens (including phenoxy) is 1. The molecule has 0 radical (unpaired) electrons. The van der Waals surface area contributed by atoms with Crippen LogP contribution in [0.1, 0.15) is 25.7 Å². The zero-order valence-electron chi connectivity index (χ0n) is 10.4. The van der Waals surface area contributed by atoms with Crippen molar-refractivity contribution < 1.29 is 13.2 Å². The first-order valence-corrected chi connectivity index (χ1v) is 8.28. The highest BCUT2D eigenvalue weighted by Crippen LogP contribution is 2.16. The number of unbranched alkanes of at least 4 members (excludes halogenated alkanes) is 1. The van der Waals surface area contributed by atoms with Crippen LogP contribution < -0.4 is 0 Å². The first kappa shape index (κ1) is 15.2. The quantitative estimate of drug-likeness (QED) is 0.528. The average Bonchev–Trinajstić information content (AvgIpc) is 2.30. The maximum Gasteiger partial charge on any atom is 0.213 e. The predicted octanol–water partition coefficient (Wildman–Crippen LogP) is 1.69. The molecule has 0 spiro atoms. The highest BCUT2D eigenvalue weighted by atomic mass is 35.5. The van der Waals surface area contributed by atoms with Gasteiger partial charge >= 0.3 is 0 Å². The first-order chi connectivity index (χ1) is 8.06. The first-order valence-electron chi connectivity index (χ1n) is 6.14. The molecule has 1 heterocycles. The van der Waals surface area contributed by atoms with Crippen molar-refractivity contribution in [3.63, 3.8) is 0 Å². The lowest BCUT2D eigenvalue weighted by atomic mass is 10.0. The van der Waals surface area contributed by atoms with Gasteiger partial charge in [-0.15, -0.1) is 11.6 Å². The van der Waals surface area contributed by atoms with Crippen LogP contribution in [-0.2, 0) is 14.8 Å². The molecular formula is C11H22ClNO3S. The highest BCUT2D eigenvalue weighted by Gasteiger charge is 2.22. The SMILES string of the molecule is CN(CC1CCCOC1)S(=O)(=O)CCCCCl. The van der Waals surface area contributed by atoms with E-state index in [9.17, 15) is 8.42 Å². The lowest BCUT2D eigenvalue weighted by Gasteiger charge is -2.26. The topological polar surface area (TPSA) is 46.6 Å². The van der Waals surface area contributed by atoms with E-state index < -0.39 is 10.0 Å². The van der Waals surface area contributed by atoms with Crippen LogP contribution in [0.25, 0.3) is 0 Å². The average molecular weight is 284 g/mol. The summed E-state index contributed by atoms with van der Waals surface area (Å²) in [6.45, 7) is 2.06. The summed E-state index contributed by atoms with van der Waals surface area (Å²) < 4.78 is 30.7. The Morgan fingerprint density at radius 1 is 1.41 bits per heavy atom. The fraction of sp³-hybridized carbons (Fsp3) is 1.00. The van der Waals surface area contributed by atoms with Gasteiger partial charge in [0.1, 0.15) is 0 Å². The molecule has 1 atom stereocenters. The molecular weight excluding hydrogens is 262 g/mol. The standard InChI is InChI=1S/C11H22ClNO3S/c1-13(9-11-5-4-7-16-10-11)17(14,15)8-3-2-6-12/h11H,2-10H2,1H3. The zero-order valence-corrected chi connectivity index (χ0v) is 12.0. The Hall–Kier alpha value is 0.160. The number of alkyl halides is 1. The van der Waals surface area contributed by atoms with Crippen LogP contribution in [0.15, 0.2) is 0 Å². The summed E-state index contributed by atoms with van der Waals surface area (Å²) in [4.78, 5) is 0. The molecule has 0 bridgehead atoms. The van der Waals surface area contributed by atoms with Crippen molar-refractivity contribution in [3.05, 3.63) is 0 Å². The van der Waals surface area contributed by atoms with Crippen molar-refractivity contribution in [1.29, 1.82) is 0 Å². The fourth-order valence-corrected chi connectivity index (χ4v) is 3.47. The fourth-order valence-electron chi connectivity index (χ4n) is 1.96. The van der Waals surface area contributed by atoms with Crippen LogP contribution in [0.2, 0.25) is 0 Å². The van der Waals surface area contributed by atoms with E-state index in [1.807, 2.05) is 0 Å². The zero-order chi connectivity index (χ0) is 12.7. The van der Waals surface area contributed by atoms with Crippen molar-refractivity contribution in [1.82, 2.24) is 4.31 Å². The third-order valence-electron chi connectivity index (χ3n) is 3.03. The van der Waals surface area contributed by atoms with Crippen molar-refractivity contribution >= 4 is 21.6 Å². The van der Waals surface area contributed by atoms with Crippen LogP contribution in [0.5, 0.6) is 0 Å². The molecule has 1 aliphatic heterocycles. The van der Waals surface area contributed by atoms with Crippen molar-refractivity contribution in [3.8, 4) is 0 Å². The van der Waals surface area contributed by atoms with Crippen molar-refractivity contribution in [2.24, 2.45) is 5.92 Å². The van der Waals surface area contributed by atoms with E-state index in [4.69, 9.17) is 16.3 Å². The van der Waals surface area contributed by atoms with Gasteiger partial charge in [-0.2, -0.15) is 0 Å². The third kappa shape index (κ3) is 5.55. The monoisotopic (exact) mass is 283 g/mol. The van der Waals surface area contributed by atoms with E-state index in [-0.39, 0.29) is 5.75 Å². The van der Waals surface area contributed by atoms with E-state index in [0.29, 0.717) is 31.4 Å². The second-order valence-corrected chi connectivity index (χ2v) is 7.15. The summed E-state index contributed by atoms with van der Waals surface area (Å²) in [5, 5.41) is 0. The number of hydrogen-bond donors (Lipinski definition) is 0. The normalized spacial score (nSPS) is 21.9. The Balaban J connectivity index is 2.36. The van der Waals surface area contributed by atoms with E-state index in [2.05, 4.69) is 0 Å². The van der Waals surface area contributed by atoms with Gasteiger partial charge in [0.25, 0.3) is 0 Å². The third-order valence-corrected chi connectivity index (χ3v) is 5.20. The second-order valence-electron chi connectivity index (χ2n) is 4.58. The summed E-state index contributed by atoms with van der Waals surface area (Å²) in [5.41, 5.74) is 0. The molecule has 1 aliphatic rings. The number of hydrogen-bond acceptors (Lipinski definition) is 3. The van der Waals surface area contributed by atoms with Crippen LogP contribution in [0, 0.1) is 5.92 Å². The largest absolute Gasteiger partial charge is 0.381 e. The molecule has 1 unspecified atom stereocenters. The van der Waals surface area contributed by atoms with Crippen molar-refractivity contribution in [2.45, 2.75) is 25.7 Å². The number of halogens is 1. The molecule has 17 heavy (non-hydrogen) atoms. The Bertz CT molecular complexity index is 302. The molecule has 0 aromatic rings. The number of rotatable bonds is 7. The Morgan fingerprint density at radius 2 is 2.18 bits per heavy atom. The van der Waals surface area contributed by atoms with Gasteiger partial charge in [0.15, 0.2) is 0 Å². The van der Waals surface area contributed by atoms with Crippen LogP contribution in [0.4, 0.5) is 0 Å². The van der Waals surface area contributed by atoms with E-state index in [1.165, 1.54) is 4.31 Å². The van der Waals surface area contributed by atoms with Gasteiger partial charge < -0.3 is 4.74 Å². The van der Waals surface area contributed by atoms with E-state index >= 15 is 0 Å². The van der Waals surface area contributed by atoms with Gasteiger partial charge in [-0.25, -0.2) is 12.7 Å². The maximum atomic E-state index is 11.9. The molecule has 1 rings (SSSR count). The van der Waals surface area contributed by atoms with Gasteiger partial charge in [0, 0.05) is 26.1 Å². The molecule has 0 amide bonds. The molecule has 0 aromatic carbocycles. The summed E-state index contributed by atoms with van der Waals surface area (Å²) in [6.07, 6.45) is 3.48. The Labute approximate surface area is 109 Å². The number of nitrogens with zero attached hydrogens (tertiary/aromatic N) is 1. The maximum absolute atomic E-state index is 11.9. The minimum Gasteiger partial charge on any atom is -0.381 e. The van der Waals surface area contributed by atoms with Gasteiger partial charge in [-0.3, -0.25) is 0 Å². The number of sulfonamides is 1. The molecule has 1 saturated heterocycles. The summed E-state index contributed by atoms with van der Waals surface area (Å²) in [7, 11) is -1.46. The smallest absolute Gasteiger partial charge is 0.213 e. The molecule has 0 aliphatic carbocycles. The molecule has 6 heteroatoms. The van der Waals surface area contributed by atoms with Crippen LogP contribution in [0.3, 0.4) is 0 Å². The molecule has 0 N–H and O–H groups in total. The van der Waals surface area contributed by atoms with Gasteiger partial charge in [0.2, 0.25) is 10.0 Å². The van der Waals surface area contributed by atoms with Crippen LogP contribution >= 0.6 is 11.6 Å². The molecule has 4 nitrogen and oxygen atoms in total. The molecule has 1 fully saturated rings. The molecule has 0 saturated carbocycles. The minimum atomic E-state index is -3.11.